The summed E-state index contributed by atoms with van der Waals surface area (Å²) in [6.45, 7) is 0. The van der Waals surface area contributed by atoms with Gasteiger partial charge in [0.2, 0.25) is 0 Å². The monoisotopic (exact) mass is 1580 g/mol. The van der Waals surface area contributed by atoms with Crippen molar-refractivity contribution >= 4 is 79.8 Å². The minimum absolute atomic E-state index is 0.00145. The third kappa shape index (κ3) is 16.2. The number of methoxy groups -OCH3 is 3. The average molecular weight is 1580 g/mol. The van der Waals surface area contributed by atoms with Crippen LogP contribution >= 0.6 is 46.9 Å². The zero-order chi connectivity index (χ0) is 78.6. The van der Waals surface area contributed by atoms with Crippen molar-refractivity contribution < 1.29 is 69.1 Å². The molecule has 0 amide bonds. The van der Waals surface area contributed by atoms with Crippen LogP contribution in [0.15, 0.2) is 326 Å². The molecule has 0 spiro atoms. The molecule has 111 heavy (non-hydrogen) atoms. The van der Waals surface area contributed by atoms with Gasteiger partial charge in [-0.3, -0.25) is 28.1 Å². The molecule has 3 N–H and O–H groups in total. The number of ether oxygens (including phenoxy) is 3. The molecule has 18 nitrogen and oxygen atoms in total. The number of fused-ring (bicyclic) bond motifs is 3. The number of hydrogen-bond donors (Lipinski definition) is 3. The predicted octanol–water partition coefficient (Wildman–Crippen LogP) is 19.1. The Morgan fingerprint density at radius 3 is 0.937 bits per heavy atom. The molecule has 0 saturated carbocycles. The van der Waals surface area contributed by atoms with Crippen LogP contribution in [0.5, 0.6) is 34.5 Å². The molecule has 0 bridgehead atoms. The topological polar surface area (TPSA) is 245 Å². The van der Waals surface area contributed by atoms with Crippen LogP contribution in [-0.2, 0) is 12.4 Å². The highest BCUT2D eigenvalue weighted by Gasteiger charge is 2.33. The number of rotatable bonds is 15. The molecule has 15 rings (SSSR count). The normalized spacial score (nSPS) is 11.4. The van der Waals surface area contributed by atoms with E-state index in [1.165, 1.54) is 64.3 Å². The number of pyridine rings is 3. The van der Waals surface area contributed by atoms with Gasteiger partial charge in [-0.2, -0.15) is 26.3 Å². The number of benzene rings is 9. The van der Waals surface area contributed by atoms with E-state index >= 15 is 0 Å². The predicted molar refractivity (Wildman–Crippen MR) is 412 cm³/mol. The van der Waals surface area contributed by atoms with E-state index in [0.29, 0.717) is 96.0 Å². The lowest BCUT2D eigenvalue weighted by Crippen LogP contribution is -2.21. The van der Waals surface area contributed by atoms with Crippen LogP contribution in [0, 0.1) is 0 Å². The molecule has 0 radical (unpaired) electrons. The summed E-state index contributed by atoms with van der Waals surface area (Å²) in [5, 5.41) is 33.2. The molecule has 0 unspecified atom stereocenters. The quantitative estimate of drug-likeness (QED) is 0.0808. The number of nitrogens with zero attached hydrogens (tertiary/aromatic N) is 3. The zero-order valence-electron chi connectivity index (χ0n) is 57.7. The zero-order valence-corrected chi connectivity index (χ0v) is 60.9. The van der Waals surface area contributed by atoms with Crippen LogP contribution in [0.4, 0.5) is 26.3 Å². The van der Waals surface area contributed by atoms with E-state index < -0.39 is 79.2 Å². The number of alkyl halides is 6. The molecule has 0 aliphatic heterocycles. The van der Waals surface area contributed by atoms with Gasteiger partial charge in [-0.1, -0.05) is 144 Å². The molecule has 28 heteroatoms. The van der Waals surface area contributed by atoms with Gasteiger partial charge in [-0.05, 0) is 156 Å². The molecule has 15 aromatic rings. The van der Waals surface area contributed by atoms with Crippen molar-refractivity contribution in [3.05, 3.63) is 333 Å². The standard InChI is InChI=1S/2C28H18F3NO5S.C27H18ClNO5S/c1-36-19-12-10-18(11-13-19)32-21(16-6-3-2-4-7-16)15-22-23(26(32)34)24(33)25(27(35)37-22)38-20-9-5-8-17(14-20)28(29,30)31;1-36-19-11-9-18(10-12-19)32-21(16-5-3-2-4-6-16)15-22-23(26(32)34)24(33)25(27(35)37-22)38-20-13-7-17(8-14-20)28(29,30)31;1-33-19-11-9-18(10-12-19)29-21(16-5-3-2-4-6-16)15-22-23(26(29)31)24(30)25(27(32)34-22)35-20-13-7-17(28)8-14-20/h2*2-15,33H,1H3;2-15,30H,1H3. The Bertz CT molecular complexity index is 6390. The molecule has 0 aliphatic carbocycles. The van der Waals surface area contributed by atoms with Gasteiger partial charge in [0.1, 0.15) is 64.8 Å². The first-order valence-electron chi connectivity index (χ1n) is 32.9. The molecule has 0 fully saturated rings. The fourth-order valence-electron chi connectivity index (χ4n) is 11.7. The molecule has 0 saturated heterocycles. The number of aromatic nitrogens is 3. The van der Waals surface area contributed by atoms with E-state index in [0.717, 1.165) is 41.6 Å². The Hall–Kier alpha value is -12.8. The summed E-state index contributed by atoms with van der Waals surface area (Å²) < 4.78 is 115. The Labute approximate surface area is 640 Å². The lowest BCUT2D eigenvalue weighted by Gasteiger charge is -2.16. The lowest BCUT2D eigenvalue weighted by atomic mass is 10.1. The highest BCUT2D eigenvalue weighted by molar-refractivity contribution is 8.00. The fourth-order valence-corrected chi connectivity index (χ4v) is 14.4. The van der Waals surface area contributed by atoms with E-state index in [1.54, 1.807) is 159 Å². The number of hydrogen-bond acceptors (Lipinski definition) is 18. The highest BCUT2D eigenvalue weighted by atomic mass is 35.5. The minimum Gasteiger partial charge on any atom is -0.505 e. The summed E-state index contributed by atoms with van der Waals surface area (Å²) in [5.41, 5.74) is -1.71. The van der Waals surface area contributed by atoms with Gasteiger partial charge in [0, 0.05) is 55.0 Å². The van der Waals surface area contributed by atoms with Crippen LogP contribution in [-0.4, -0.2) is 50.4 Å². The summed E-state index contributed by atoms with van der Waals surface area (Å²) in [7, 11) is 4.59. The first kappa shape index (κ1) is 76.4. The second-order valence-corrected chi connectivity index (χ2v) is 27.6. The Kier molecular flexibility index (Phi) is 22.1. The van der Waals surface area contributed by atoms with Crippen LogP contribution in [0.1, 0.15) is 11.1 Å². The summed E-state index contributed by atoms with van der Waals surface area (Å²) in [6, 6.07) is 67.2. The van der Waals surface area contributed by atoms with Crippen molar-refractivity contribution in [2.45, 2.75) is 41.7 Å². The lowest BCUT2D eigenvalue weighted by molar-refractivity contribution is -0.138. The molecule has 0 aliphatic rings. The molecule has 6 heterocycles. The van der Waals surface area contributed by atoms with Gasteiger partial charge >= 0.3 is 29.2 Å². The molecule has 0 atom stereocenters. The van der Waals surface area contributed by atoms with Crippen molar-refractivity contribution in [2.24, 2.45) is 0 Å². The highest BCUT2D eigenvalue weighted by Crippen LogP contribution is 2.43. The largest absolute Gasteiger partial charge is 0.505 e. The van der Waals surface area contributed by atoms with E-state index in [9.17, 15) is 70.4 Å². The first-order valence-corrected chi connectivity index (χ1v) is 35.7. The summed E-state index contributed by atoms with van der Waals surface area (Å²) in [4.78, 5) is 80.2. The Morgan fingerprint density at radius 2 is 0.640 bits per heavy atom. The summed E-state index contributed by atoms with van der Waals surface area (Å²) >= 11 is 8.23. The van der Waals surface area contributed by atoms with Crippen LogP contribution in [0.25, 0.3) is 83.7 Å². The second kappa shape index (κ2) is 32.2. The van der Waals surface area contributed by atoms with E-state index in [-0.39, 0.29) is 52.5 Å². The van der Waals surface area contributed by atoms with Crippen molar-refractivity contribution in [1.29, 1.82) is 0 Å². The maximum absolute atomic E-state index is 13.9. The smallest absolute Gasteiger partial charge is 0.416 e. The summed E-state index contributed by atoms with van der Waals surface area (Å²) in [6.07, 6.45) is -9.11. The number of aromatic hydroxyl groups is 3. The molecule has 9 aromatic carbocycles. The van der Waals surface area contributed by atoms with Crippen LogP contribution < -0.4 is 47.8 Å². The molecular weight excluding hydrogens is 1520 g/mol. The van der Waals surface area contributed by atoms with E-state index in [1.807, 2.05) is 42.5 Å². The third-order valence-corrected chi connectivity index (χ3v) is 20.5. The van der Waals surface area contributed by atoms with Crippen molar-refractivity contribution in [3.8, 4) is 85.3 Å². The van der Waals surface area contributed by atoms with Gasteiger partial charge in [-0.25, -0.2) is 14.4 Å². The molecule has 558 valence electrons. The van der Waals surface area contributed by atoms with Crippen LogP contribution in [0.3, 0.4) is 0 Å². The van der Waals surface area contributed by atoms with E-state index in [2.05, 4.69) is 0 Å². The van der Waals surface area contributed by atoms with Gasteiger partial charge in [0.05, 0.1) is 49.5 Å². The van der Waals surface area contributed by atoms with Gasteiger partial charge in [0.25, 0.3) is 16.7 Å². The minimum atomic E-state index is -4.59. The maximum Gasteiger partial charge on any atom is 0.416 e. The first-order chi connectivity index (χ1) is 53.3. The van der Waals surface area contributed by atoms with Gasteiger partial charge in [-0.15, -0.1) is 0 Å². The third-order valence-electron chi connectivity index (χ3n) is 17.1. The van der Waals surface area contributed by atoms with Gasteiger partial charge < -0.3 is 42.8 Å². The molecule has 6 aromatic heterocycles. The summed E-state index contributed by atoms with van der Waals surface area (Å²) in [5.74, 6) is 0.0614. The van der Waals surface area contributed by atoms with Crippen molar-refractivity contribution in [1.82, 2.24) is 13.7 Å². The van der Waals surface area contributed by atoms with E-state index in [4.69, 9.17) is 39.1 Å². The average Bonchev–Trinajstić information content (AvgIpc) is 0.754. The van der Waals surface area contributed by atoms with Crippen molar-refractivity contribution in [2.75, 3.05) is 21.3 Å². The van der Waals surface area contributed by atoms with Crippen molar-refractivity contribution in [3.63, 3.8) is 0 Å². The second-order valence-electron chi connectivity index (χ2n) is 23.9. The van der Waals surface area contributed by atoms with Crippen LogP contribution in [0.2, 0.25) is 5.02 Å². The molecular formula is C83H54ClF6N3O15S3. The SMILES string of the molecule is COc1ccc(-n2c(-c3ccccc3)cc3oc(=O)c(Sc4ccc(C(F)(F)F)cc4)c(O)c3c2=O)cc1.COc1ccc(-n2c(-c3ccccc3)cc3oc(=O)c(Sc4ccc(Cl)cc4)c(O)c3c2=O)cc1.COc1ccc(-n2c(-c3ccccc3)cc3oc(=O)c(Sc4cccc(C(F)(F)F)c4)c(O)c3c2=O)cc1. The Balaban J connectivity index is 0.000000146. The Morgan fingerprint density at radius 1 is 0.342 bits per heavy atom. The maximum atomic E-state index is 13.9. The fraction of sp³-hybridized carbons (Fsp3) is 0.0602. The number of halogens is 7. The van der Waals surface area contributed by atoms with Gasteiger partial charge in [0.15, 0.2) is 17.2 Å².